The van der Waals surface area contributed by atoms with Crippen LogP contribution < -0.4 is 10.1 Å². The number of hydrogen-bond acceptors (Lipinski definition) is 5. The summed E-state index contributed by atoms with van der Waals surface area (Å²) in [7, 11) is 1.51. The Balaban J connectivity index is 1.65. The summed E-state index contributed by atoms with van der Waals surface area (Å²) in [6, 6.07) is 8.43. The van der Waals surface area contributed by atoms with Crippen LogP contribution in [0.4, 0.5) is 4.39 Å². The van der Waals surface area contributed by atoms with Crippen LogP contribution in [0.3, 0.4) is 0 Å². The van der Waals surface area contributed by atoms with E-state index in [1.807, 2.05) is 17.5 Å². The highest BCUT2D eigenvalue weighted by Gasteiger charge is 2.41. The van der Waals surface area contributed by atoms with Crippen molar-refractivity contribution in [1.29, 1.82) is 0 Å². The number of thiophene rings is 1. The van der Waals surface area contributed by atoms with E-state index >= 15 is 0 Å². The highest BCUT2D eigenvalue weighted by molar-refractivity contribution is 7.09. The van der Waals surface area contributed by atoms with E-state index in [1.165, 1.54) is 18.1 Å². The minimum atomic E-state index is -1.45. The van der Waals surface area contributed by atoms with Gasteiger partial charge in [-0.25, -0.2) is 4.39 Å². The number of amides is 1. The number of halogens is 1. The van der Waals surface area contributed by atoms with E-state index in [0.29, 0.717) is 37.2 Å². The van der Waals surface area contributed by atoms with Gasteiger partial charge in [-0.05, 0) is 42.5 Å². The molecule has 1 saturated heterocycles. The van der Waals surface area contributed by atoms with E-state index in [1.54, 1.807) is 23.5 Å². The molecule has 7 heteroatoms. The highest BCUT2D eigenvalue weighted by atomic mass is 32.1. The number of carbonyl (C=O) groups excluding carboxylic acids is 1. The molecule has 0 unspecified atom stereocenters. The smallest absolute Gasteiger partial charge is 0.256 e. The van der Waals surface area contributed by atoms with Crippen molar-refractivity contribution in [2.75, 3.05) is 20.2 Å². The fraction of sp³-hybridized carbons (Fsp3) is 0.421. The first kappa shape index (κ1) is 18.8. The summed E-state index contributed by atoms with van der Waals surface area (Å²) in [4.78, 5) is 15.5. The molecule has 1 atom stereocenters. The van der Waals surface area contributed by atoms with Crippen LogP contribution in [0.1, 0.15) is 23.3 Å². The second-order valence-corrected chi connectivity index (χ2v) is 7.53. The van der Waals surface area contributed by atoms with Gasteiger partial charge in [0.1, 0.15) is 11.6 Å². The number of likely N-dealkylation sites (tertiary alicyclic amines) is 1. The maximum Gasteiger partial charge on any atom is 0.256 e. The number of ether oxygens (including phenoxy) is 1. The largest absolute Gasteiger partial charge is 0.497 e. The van der Waals surface area contributed by atoms with Crippen molar-refractivity contribution in [3.63, 3.8) is 0 Å². The van der Waals surface area contributed by atoms with E-state index < -0.39 is 5.60 Å². The topological polar surface area (TPSA) is 61.8 Å². The van der Waals surface area contributed by atoms with Crippen molar-refractivity contribution < 1.29 is 19.0 Å². The van der Waals surface area contributed by atoms with Gasteiger partial charge in [-0.2, -0.15) is 0 Å². The lowest BCUT2D eigenvalue weighted by Gasteiger charge is -2.38. The number of nitrogens with zero attached hydrogens (tertiary/aromatic N) is 1. The molecule has 26 heavy (non-hydrogen) atoms. The normalized spacial score (nSPS) is 20.4. The Bertz CT molecular complexity index is 753. The summed E-state index contributed by atoms with van der Waals surface area (Å²) in [5.41, 5.74) is -1.07. The van der Waals surface area contributed by atoms with E-state index in [2.05, 4.69) is 5.32 Å². The number of aliphatic hydroxyl groups is 1. The number of carbonyl (C=O) groups is 1. The third-order valence-corrected chi connectivity index (χ3v) is 5.49. The zero-order valence-electron chi connectivity index (χ0n) is 14.7. The maximum absolute atomic E-state index is 14.1. The lowest BCUT2D eigenvalue weighted by atomic mass is 9.91. The minimum absolute atomic E-state index is 0.120. The van der Waals surface area contributed by atoms with Crippen LogP contribution in [0, 0.1) is 5.82 Å². The van der Waals surface area contributed by atoms with Gasteiger partial charge in [0.2, 0.25) is 0 Å². The molecule has 0 saturated carbocycles. The van der Waals surface area contributed by atoms with Crippen molar-refractivity contribution in [2.24, 2.45) is 0 Å². The summed E-state index contributed by atoms with van der Waals surface area (Å²) in [5.74, 6) is -0.202. The number of rotatable bonds is 7. The Morgan fingerprint density at radius 2 is 2.27 bits per heavy atom. The molecule has 140 valence electrons. The highest BCUT2D eigenvalue weighted by Crippen LogP contribution is 2.26. The molecule has 2 heterocycles. The van der Waals surface area contributed by atoms with Crippen LogP contribution in [-0.4, -0.2) is 41.7 Å². The Labute approximate surface area is 156 Å². The van der Waals surface area contributed by atoms with Crippen molar-refractivity contribution in [3.05, 3.63) is 52.0 Å². The zero-order valence-corrected chi connectivity index (χ0v) is 15.5. The Morgan fingerprint density at radius 1 is 1.42 bits per heavy atom. The molecule has 0 bridgehead atoms. The van der Waals surface area contributed by atoms with Gasteiger partial charge in [0.05, 0.1) is 7.11 Å². The van der Waals surface area contributed by atoms with Gasteiger partial charge >= 0.3 is 0 Å². The first-order chi connectivity index (χ1) is 12.5. The average Bonchev–Trinajstić information content (AvgIpc) is 3.14. The quantitative estimate of drug-likeness (QED) is 0.777. The van der Waals surface area contributed by atoms with E-state index in [9.17, 15) is 14.3 Å². The summed E-state index contributed by atoms with van der Waals surface area (Å²) in [6.07, 6.45) is 1.08. The van der Waals surface area contributed by atoms with Crippen molar-refractivity contribution in [3.8, 4) is 5.75 Å². The van der Waals surface area contributed by atoms with Crippen molar-refractivity contribution >= 4 is 17.2 Å². The molecular formula is C19H23FN2O3S. The molecule has 5 nitrogen and oxygen atoms in total. The monoisotopic (exact) mass is 378 g/mol. The predicted molar refractivity (Wildman–Crippen MR) is 98.6 cm³/mol. The summed E-state index contributed by atoms with van der Waals surface area (Å²) in [5, 5.41) is 16.0. The number of hydrogen-bond donors (Lipinski definition) is 2. The van der Waals surface area contributed by atoms with Crippen LogP contribution in [0.5, 0.6) is 5.75 Å². The van der Waals surface area contributed by atoms with Gasteiger partial charge in [-0.3, -0.25) is 4.79 Å². The Morgan fingerprint density at radius 3 is 3.00 bits per heavy atom. The molecule has 1 aromatic carbocycles. The minimum Gasteiger partial charge on any atom is -0.497 e. The molecule has 1 amide bonds. The molecule has 0 aliphatic carbocycles. The second kappa shape index (κ2) is 8.16. The molecule has 1 aliphatic rings. The SMILES string of the molecule is COc1ccc(F)c(CN2CCC[C@@](O)(CNCc3cccs3)C2=O)c1. The molecule has 0 spiro atoms. The fourth-order valence-corrected chi connectivity index (χ4v) is 3.87. The predicted octanol–water partition coefficient (Wildman–Crippen LogP) is 2.54. The summed E-state index contributed by atoms with van der Waals surface area (Å²) >= 11 is 1.62. The number of methoxy groups -OCH3 is 1. The average molecular weight is 378 g/mol. The van der Waals surface area contributed by atoms with E-state index in [-0.39, 0.29) is 24.8 Å². The van der Waals surface area contributed by atoms with E-state index in [4.69, 9.17) is 4.74 Å². The third kappa shape index (κ3) is 4.23. The number of nitrogens with one attached hydrogen (secondary N) is 1. The summed E-state index contributed by atoms with van der Waals surface area (Å²) in [6.45, 7) is 1.41. The molecule has 1 aliphatic heterocycles. The lowest BCUT2D eigenvalue weighted by molar-refractivity contribution is -0.157. The van der Waals surface area contributed by atoms with Crippen LogP contribution >= 0.6 is 11.3 Å². The third-order valence-electron chi connectivity index (χ3n) is 4.61. The van der Waals surface area contributed by atoms with Gasteiger partial charge < -0.3 is 20.1 Å². The van der Waals surface area contributed by atoms with Crippen LogP contribution in [0.25, 0.3) is 0 Å². The Hall–Kier alpha value is -1.96. The first-order valence-electron chi connectivity index (χ1n) is 8.59. The van der Waals surface area contributed by atoms with Gasteiger partial charge in [-0.1, -0.05) is 6.07 Å². The molecule has 2 N–H and O–H groups in total. The van der Waals surface area contributed by atoms with Crippen LogP contribution in [-0.2, 0) is 17.9 Å². The van der Waals surface area contributed by atoms with Gasteiger partial charge in [-0.15, -0.1) is 11.3 Å². The van der Waals surface area contributed by atoms with Crippen molar-refractivity contribution in [2.45, 2.75) is 31.5 Å². The molecule has 2 aromatic rings. The summed E-state index contributed by atoms with van der Waals surface area (Å²) < 4.78 is 19.2. The number of benzene rings is 1. The first-order valence-corrected chi connectivity index (χ1v) is 9.47. The Kier molecular flexibility index (Phi) is 5.90. The molecular weight excluding hydrogens is 355 g/mol. The maximum atomic E-state index is 14.1. The standard InChI is InChI=1S/C19H23FN2O3S/c1-25-15-5-6-17(20)14(10-15)12-22-8-3-7-19(24,18(22)23)13-21-11-16-4-2-9-26-16/h2,4-6,9-10,21,24H,3,7-8,11-13H2,1H3/t19-/m1/s1. The van der Waals surface area contributed by atoms with E-state index in [0.717, 1.165) is 4.88 Å². The van der Waals surface area contributed by atoms with Gasteiger partial charge in [0.15, 0.2) is 5.60 Å². The molecule has 1 aromatic heterocycles. The lowest BCUT2D eigenvalue weighted by Crippen LogP contribution is -2.57. The zero-order chi connectivity index (χ0) is 18.6. The molecule has 3 rings (SSSR count). The fourth-order valence-electron chi connectivity index (χ4n) is 3.19. The second-order valence-electron chi connectivity index (χ2n) is 6.50. The molecule has 1 fully saturated rings. The van der Waals surface area contributed by atoms with Crippen LogP contribution in [0.15, 0.2) is 35.7 Å². The molecule has 0 radical (unpaired) electrons. The van der Waals surface area contributed by atoms with Crippen LogP contribution in [0.2, 0.25) is 0 Å². The van der Waals surface area contributed by atoms with Gasteiger partial charge in [0, 0.05) is 36.6 Å². The van der Waals surface area contributed by atoms with Gasteiger partial charge in [0.25, 0.3) is 5.91 Å². The van der Waals surface area contributed by atoms with Crippen molar-refractivity contribution in [1.82, 2.24) is 10.2 Å². The number of piperidine rings is 1.